The van der Waals surface area contributed by atoms with Gasteiger partial charge in [-0.3, -0.25) is 14.4 Å². The number of aryl methyl sites for hydroxylation is 1. The van der Waals surface area contributed by atoms with Crippen LogP contribution in [0.25, 0.3) is 5.69 Å². The van der Waals surface area contributed by atoms with Gasteiger partial charge >= 0.3 is 12.1 Å². The van der Waals surface area contributed by atoms with Gasteiger partial charge in [0, 0.05) is 17.8 Å². The SMILES string of the molecule is Cc1cc(=O)c(C(=O)N(CC(=O)O)C2CC2)nn1-c1cccc(C(F)(F)F)c1. The zero-order valence-electron chi connectivity index (χ0n) is 14.7. The van der Waals surface area contributed by atoms with E-state index in [2.05, 4.69) is 5.10 Å². The quantitative estimate of drug-likeness (QED) is 0.838. The molecule has 1 amide bonds. The number of carbonyl (C=O) groups excluding carboxylic acids is 1. The Balaban J connectivity index is 2.05. The van der Waals surface area contributed by atoms with Crippen molar-refractivity contribution in [1.29, 1.82) is 0 Å². The summed E-state index contributed by atoms with van der Waals surface area (Å²) in [5, 5.41) is 13.0. The van der Waals surface area contributed by atoms with Gasteiger partial charge in [0.25, 0.3) is 5.91 Å². The monoisotopic (exact) mass is 395 g/mol. The maximum absolute atomic E-state index is 13.0. The van der Waals surface area contributed by atoms with Crippen molar-refractivity contribution < 1.29 is 27.9 Å². The van der Waals surface area contributed by atoms with E-state index in [1.807, 2.05) is 0 Å². The van der Waals surface area contributed by atoms with Crippen molar-refractivity contribution in [2.45, 2.75) is 32.0 Å². The summed E-state index contributed by atoms with van der Waals surface area (Å²) in [4.78, 5) is 37.1. The Hall–Kier alpha value is -3.17. The highest BCUT2D eigenvalue weighted by Gasteiger charge is 2.36. The molecule has 1 aliphatic carbocycles. The highest BCUT2D eigenvalue weighted by molar-refractivity contribution is 5.94. The minimum absolute atomic E-state index is 0.0255. The summed E-state index contributed by atoms with van der Waals surface area (Å²) in [5.74, 6) is -2.08. The molecule has 2 aromatic rings. The molecule has 10 heteroatoms. The average molecular weight is 395 g/mol. The number of amides is 1. The number of halogens is 3. The van der Waals surface area contributed by atoms with Gasteiger partial charge in [-0.2, -0.15) is 18.3 Å². The van der Waals surface area contributed by atoms with Crippen LogP contribution < -0.4 is 5.43 Å². The number of benzene rings is 1. The molecular weight excluding hydrogens is 379 g/mol. The molecule has 1 N–H and O–H groups in total. The van der Waals surface area contributed by atoms with Crippen LogP contribution in [-0.4, -0.2) is 44.3 Å². The first kappa shape index (κ1) is 19.6. The molecule has 0 radical (unpaired) electrons. The molecular formula is C18H16F3N3O4. The van der Waals surface area contributed by atoms with Gasteiger partial charge in [0.1, 0.15) is 6.54 Å². The smallest absolute Gasteiger partial charge is 0.416 e. The van der Waals surface area contributed by atoms with Crippen molar-refractivity contribution >= 4 is 11.9 Å². The van der Waals surface area contributed by atoms with Gasteiger partial charge in [-0.05, 0) is 38.0 Å². The van der Waals surface area contributed by atoms with Gasteiger partial charge in [0.05, 0.1) is 11.3 Å². The first-order valence-corrected chi connectivity index (χ1v) is 8.39. The largest absolute Gasteiger partial charge is 0.480 e. The van der Waals surface area contributed by atoms with Gasteiger partial charge in [0.2, 0.25) is 5.43 Å². The Bertz CT molecular complexity index is 996. The molecule has 1 aliphatic rings. The number of aliphatic carboxylic acids is 1. The second-order valence-electron chi connectivity index (χ2n) is 6.52. The Morgan fingerprint density at radius 1 is 1.29 bits per heavy atom. The zero-order valence-corrected chi connectivity index (χ0v) is 14.7. The molecule has 0 bridgehead atoms. The van der Waals surface area contributed by atoms with Crippen molar-refractivity contribution in [3.05, 3.63) is 57.5 Å². The number of rotatable bonds is 5. The third kappa shape index (κ3) is 4.05. The fourth-order valence-corrected chi connectivity index (χ4v) is 2.81. The second kappa shape index (κ2) is 7.10. The number of hydrogen-bond donors (Lipinski definition) is 1. The maximum Gasteiger partial charge on any atom is 0.416 e. The summed E-state index contributed by atoms with van der Waals surface area (Å²) < 4.78 is 40.0. The van der Waals surface area contributed by atoms with Crippen molar-refractivity contribution in [3.8, 4) is 5.69 Å². The van der Waals surface area contributed by atoms with Crippen LogP contribution in [0.2, 0.25) is 0 Å². The third-order valence-electron chi connectivity index (χ3n) is 4.28. The molecule has 3 rings (SSSR count). The van der Waals surface area contributed by atoms with E-state index in [1.165, 1.54) is 19.1 Å². The number of carbonyl (C=O) groups is 2. The predicted molar refractivity (Wildman–Crippen MR) is 91.3 cm³/mol. The number of carboxylic acid groups (broad SMARTS) is 1. The van der Waals surface area contributed by atoms with Crippen LogP contribution >= 0.6 is 0 Å². The van der Waals surface area contributed by atoms with Crippen LogP contribution in [-0.2, 0) is 11.0 Å². The van der Waals surface area contributed by atoms with Crippen molar-refractivity contribution in [1.82, 2.24) is 14.7 Å². The summed E-state index contributed by atoms with van der Waals surface area (Å²) in [6.07, 6.45) is -3.33. The summed E-state index contributed by atoms with van der Waals surface area (Å²) in [6, 6.07) is 5.12. The highest BCUT2D eigenvalue weighted by Crippen LogP contribution is 2.30. The molecule has 0 spiro atoms. The maximum atomic E-state index is 13.0. The van der Waals surface area contributed by atoms with Crippen LogP contribution in [0, 0.1) is 6.92 Å². The molecule has 7 nitrogen and oxygen atoms in total. The van der Waals surface area contributed by atoms with Gasteiger partial charge in [-0.25, -0.2) is 4.68 Å². The summed E-state index contributed by atoms with van der Waals surface area (Å²) >= 11 is 0. The molecule has 1 heterocycles. The van der Waals surface area contributed by atoms with Crippen LogP contribution in [0.1, 0.15) is 34.6 Å². The number of hydrogen-bond acceptors (Lipinski definition) is 4. The van der Waals surface area contributed by atoms with Crippen LogP contribution in [0.15, 0.2) is 35.1 Å². The topological polar surface area (TPSA) is 92.5 Å². The average Bonchev–Trinajstić information content (AvgIpc) is 3.43. The van der Waals surface area contributed by atoms with E-state index in [-0.39, 0.29) is 17.4 Å². The van der Waals surface area contributed by atoms with E-state index in [4.69, 9.17) is 5.11 Å². The fourth-order valence-electron chi connectivity index (χ4n) is 2.81. The summed E-state index contributed by atoms with van der Waals surface area (Å²) in [6.45, 7) is 0.890. The Labute approximate surface area is 157 Å². The highest BCUT2D eigenvalue weighted by atomic mass is 19.4. The van der Waals surface area contributed by atoms with E-state index >= 15 is 0 Å². The van der Waals surface area contributed by atoms with Gasteiger partial charge in [-0.1, -0.05) is 6.07 Å². The lowest BCUT2D eigenvalue weighted by atomic mass is 10.2. The van der Waals surface area contributed by atoms with E-state index in [0.29, 0.717) is 12.8 Å². The molecule has 0 unspecified atom stereocenters. The number of nitrogens with zero attached hydrogens (tertiary/aromatic N) is 3. The first-order chi connectivity index (χ1) is 13.1. The Kier molecular flexibility index (Phi) is 4.97. The lowest BCUT2D eigenvalue weighted by Gasteiger charge is -2.20. The van der Waals surface area contributed by atoms with E-state index in [1.54, 1.807) is 0 Å². The van der Waals surface area contributed by atoms with Gasteiger partial charge in [-0.15, -0.1) is 0 Å². The van der Waals surface area contributed by atoms with Crippen molar-refractivity contribution in [2.75, 3.05) is 6.54 Å². The molecule has 1 fully saturated rings. The zero-order chi connectivity index (χ0) is 20.6. The van der Waals surface area contributed by atoms with E-state index < -0.39 is 41.3 Å². The minimum atomic E-state index is -4.56. The van der Waals surface area contributed by atoms with Crippen LogP contribution in [0.5, 0.6) is 0 Å². The standard InChI is InChI=1S/C18H16F3N3O4/c1-10-7-14(25)16(17(28)23(9-15(26)27)12-5-6-12)22-24(10)13-4-2-3-11(8-13)18(19,20)21/h2-4,7-8,12H,5-6,9H2,1H3,(H,26,27). The number of carboxylic acids is 1. The van der Waals surface area contributed by atoms with E-state index in [0.717, 1.165) is 27.8 Å². The normalized spacial score (nSPS) is 14.0. The minimum Gasteiger partial charge on any atom is -0.480 e. The molecule has 28 heavy (non-hydrogen) atoms. The fraction of sp³-hybridized carbons (Fsp3) is 0.333. The predicted octanol–water partition coefficient (Wildman–Crippen LogP) is 2.25. The molecule has 0 saturated heterocycles. The van der Waals surface area contributed by atoms with Crippen LogP contribution in [0.4, 0.5) is 13.2 Å². The van der Waals surface area contributed by atoms with E-state index in [9.17, 15) is 27.6 Å². The first-order valence-electron chi connectivity index (χ1n) is 8.39. The van der Waals surface area contributed by atoms with Crippen LogP contribution in [0.3, 0.4) is 0 Å². The van der Waals surface area contributed by atoms with Gasteiger partial charge < -0.3 is 10.0 Å². The molecule has 1 aromatic carbocycles. The summed E-state index contributed by atoms with van der Waals surface area (Å²) in [7, 11) is 0. The second-order valence-corrected chi connectivity index (χ2v) is 6.52. The third-order valence-corrected chi connectivity index (χ3v) is 4.28. The molecule has 148 valence electrons. The Morgan fingerprint density at radius 3 is 2.54 bits per heavy atom. The van der Waals surface area contributed by atoms with Crippen molar-refractivity contribution in [3.63, 3.8) is 0 Å². The van der Waals surface area contributed by atoms with Gasteiger partial charge in [0.15, 0.2) is 5.69 Å². The molecule has 1 aromatic heterocycles. The number of alkyl halides is 3. The van der Waals surface area contributed by atoms with Crippen molar-refractivity contribution in [2.24, 2.45) is 0 Å². The molecule has 0 atom stereocenters. The molecule has 0 aliphatic heterocycles. The Morgan fingerprint density at radius 2 is 1.96 bits per heavy atom. The number of aromatic nitrogens is 2. The summed E-state index contributed by atoms with van der Waals surface area (Å²) in [5.41, 5.74) is -1.89. The molecule has 1 saturated carbocycles. The lowest BCUT2D eigenvalue weighted by Crippen LogP contribution is -2.40. The lowest BCUT2D eigenvalue weighted by molar-refractivity contribution is -0.138.